The van der Waals surface area contributed by atoms with E-state index in [1.54, 1.807) is 0 Å². The average molecular weight is 281 g/mol. The van der Waals surface area contributed by atoms with Crippen LogP contribution in [0, 0.1) is 5.92 Å². The summed E-state index contributed by atoms with van der Waals surface area (Å²) in [5, 5.41) is 7.68. The second-order valence-corrected chi connectivity index (χ2v) is 6.85. The molecule has 2 fully saturated rings. The van der Waals surface area contributed by atoms with Crippen molar-refractivity contribution in [1.82, 2.24) is 15.5 Å². The van der Waals surface area contributed by atoms with Crippen molar-refractivity contribution in [2.24, 2.45) is 5.92 Å². The summed E-state index contributed by atoms with van der Waals surface area (Å²) in [5.74, 6) is 5.40. The lowest BCUT2D eigenvalue weighted by molar-refractivity contribution is 0.300. The van der Waals surface area contributed by atoms with E-state index in [0.29, 0.717) is 5.92 Å². The molecule has 1 aliphatic carbocycles. The van der Waals surface area contributed by atoms with Crippen LogP contribution in [0.3, 0.4) is 0 Å². The zero-order valence-corrected chi connectivity index (χ0v) is 12.4. The van der Waals surface area contributed by atoms with E-state index in [2.05, 4.69) is 22.4 Å². The van der Waals surface area contributed by atoms with Gasteiger partial charge in [-0.05, 0) is 31.6 Å². The first kappa shape index (κ1) is 13.4. The minimum Gasteiger partial charge on any atom is -0.338 e. The van der Waals surface area contributed by atoms with E-state index in [4.69, 9.17) is 4.52 Å². The number of nitrogens with one attached hydrogen (secondary N) is 1. The number of aromatic nitrogens is 2. The molecule has 106 valence electrons. The van der Waals surface area contributed by atoms with E-state index < -0.39 is 0 Å². The number of hydrogen-bond acceptors (Lipinski definition) is 5. The third kappa shape index (κ3) is 3.14. The Morgan fingerprint density at radius 3 is 2.84 bits per heavy atom. The minimum absolute atomic E-state index is 0.256. The first-order valence-electron chi connectivity index (χ1n) is 7.51. The molecule has 5 heteroatoms. The van der Waals surface area contributed by atoms with Gasteiger partial charge >= 0.3 is 0 Å². The summed E-state index contributed by atoms with van der Waals surface area (Å²) in [6.07, 6.45) is 6.41. The summed E-state index contributed by atoms with van der Waals surface area (Å²) >= 11 is 1.96. The van der Waals surface area contributed by atoms with Gasteiger partial charge in [-0.15, -0.1) is 0 Å². The Morgan fingerprint density at radius 2 is 2.16 bits per heavy atom. The predicted octanol–water partition coefficient (Wildman–Crippen LogP) is 3.13. The van der Waals surface area contributed by atoms with Gasteiger partial charge in [-0.25, -0.2) is 0 Å². The highest BCUT2D eigenvalue weighted by Crippen LogP contribution is 2.36. The van der Waals surface area contributed by atoms with Crippen LogP contribution in [-0.4, -0.2) is 28.2 Å². The summed E-state index contributed by atoms with van der Waals surface area (Å²) in [4.78, 5) is 4.65. The maximum atomic E-state index is 5.47. The molecule has 1 unspecified atom stereocenters. The summed E-state index contributed by atoms with van der Waals surface area (Å²) in [7, 11) is 0. The maximum Gasteiger partial charge on any atom is 0.244 e. The minimum atomic E-state index is 0.256. The number of thioether (sulfide) groups is 1. The van der Waals surface area contributed by atoms with Crippen LogP contribution in [0.5, 0.6) is 0 Å². The molecule has 2 aliphatic rings. The van der Waals surface area contributed by atoms with Gasteiger partial charge in [0.25, 0.3) is 0 Å². The molecule has 1 aromatic rings. The van der Waals surface area contributed by atoms with Crippen LogP contribution in [0.15, 0.2) is 4.52 Å². The molecular formula is C14H23N3OS. The molecule has 1 N–H and O–H groups in total. The second kappa shape index (κ2) is 6.27. The quantitative estimate of drug-likeness (QED) is 0.922. The highest BCUT2D eigenvalue weighted by Gasteiger charge is 2.27. The number of rotatable bonds is 3. The van der Waals surface area contributed by atoms with Gasteiger partial charge in [0.2, 0.25) is 5.89 Å². The first-order valence-corrected chi connectivity index (χ1v) is 8.67. The van der Waals surface area contributed by atoms with Gasteiger partial charge in [0.05, 0.1) is 6.04 Å². The van der Waals surface area contributed by atoms with Crippen LogP contribution >= 0.6 is 11.8 Å². The van der Waals surface area contributed by atoms with Crippen LogP contribution in [-0.2, 0) is 0 Å². The van der Waals surface area contributed by atoms with Crippen molar-refractivity contribution in [3.8, 4) is 0 Å². The van der Waals surface area contributed by atoms with Crippen molar-refractivity contribution in [2.45, 2.75) is 51.0 Å². The Bertz CT molecular complexity index is 395. The molecule has 3 rings (SSSR count). The fraction of sp³-hybridized carbons (Fsp3) is 0.857. The lowest BCUT2D eigenvalue weighted by Crippen LogP contribution is -2.30. The van der Waals surface area contributed by atoms with Crippen molar-refractivity contribution in [2.75, 3.05) is 18.1 Å². The summed E-state index contributed by atoms with van der Waals surface area (Å²) in [6.45, 7) is 3.33. The van der Waals surface area contributed by atoms with Gasteiger partial charge in [-0.1, -0.05) is 18.5 Å². The SMILES string of the molecule is CCC1CCC(c2noc(C3CSCCN3)n2)CC1. The number of nitrogens with zero attached hydrogens (tertiary/aromatic N) is 2. The van der Waals surface area contributed by atoms with Crippen LogP contribution in [0.2, 0.25) is 0 Å². The van der Waals surface area contributed by atoms with Crippen molar-refractivity contribution in [1.29, 1.82) is 0 Å². The highest BCUT2D eigenvalue weighted by molar-refractivity contribution is 7.99. The lowest BCUT2D eigenvalue weighted by Gasteiger charge is -2.25. The van der Waals surface area contributed by atoms with Gasteiger partial charge in [0.1, 0.15) is 0 Å². The molecule has 0 bridgehead atoms. The van der Waals surface area contributed by atoms with E-state index in [9.17, 15) is 0 Å². The number of hydrogen-bond donors (Lipinski definition) is 1. The molecule has 2 heterocycles. The monoisotopic (exact) mass is 281 g/mol. The first-order chi connectivity index (χ1) is 9.36. The van der Waals surface area contributed by atoms with Gasteiger partial charge in [-0.3, -0.25) is 0 Å². The Balaban J connectivity index is 1.61. The molecule has 1 saturated carbocycles. The molecule has 0 aromatic carbocycles. The highest BCUT2D eigenvalue weighted by atomic mass is 32.2. The third-order valence-electron chi connectivity index (χ3n) is 4.47. The molecular weight excluding hydrogens is 258 g/mol. The van der Waals surface area contributed by atoms with Crippen LogP contribution in [0.25, 0.3) is 0 Å². The molecule has 1 aliphatic heterocycles. The molecule has 19 heavy (non-hydrogen) atoms. The molecule has 4 nitrogen and oxygen atoms in total. The standard InChI is InChI=1S/C14H23N3OS/c1-2-10-3-5-11(6-4-10)13-16-14(18-17-13)12-9-19-8-7-15-12/h10-12,15H,2-9H2,1H3. The fourth-order valence-corrected chi connectivity index (χ4v) is 4.03. The molecule has 1 saturated heterocycles. The Labute approximate surface area is 119 Å². The second-order valence-electron chi connectivity index (χ2n) is 5.70. The van der Waals surface area contributed by atoms with Crippen LogP contribution in [0.1, 0.15) is 62.7 Å². The maximum absolute atomic E-state index is 5.47. The van der Waals surface area contributed by atoms with Crippen molar-refractivity contribution < 1.29 is 4.52 Å². The van der Waals surface area contributed by atoms with Gasteiger partial charge in [0, 0.05) is 24.0 Å². The molecule has 1 aromatic heterocycles. The van der Waals surface area contributed by atoms with Gasteiger partial charge in [0.15, 0.2) is 5.82 Å². The molecule has 0 radical (unpaired) electrons. The smallest absolute Gasteiger partial charge is 0.244 e. The average Bonchev–Trinajstić information content (AvgIpc) is 2.98. The largest absolute Gasteiger partial charge is 0.338 e. The fourth-order valence-electron chi connectivity index (χ4n) is 3.11. The van der Waals surface area contributed by atoms with Gasteiger partial charge in [-0.2, -0.15) is 16.7 Å². The van der Waals surface area contributed by atoms with Gasteiger partial charge < -0.3 is 9.84 Å². The van der Waals surface area contributed by atoms with E-state index in [1.165, 1.54) is 37.9 Å². The zero-order valence-electron chi connectivity index (χ0n) is 11.6. The Kier molecular flexibility index (Phi) is 4.43. The topological polar surface area (TPSA) is 51.0 Å². The van der Waals surface area contributed by atoms with E-state index >= 15 is 0 Å². The summed E-state index contributed by atoms with van der Waals surface area (Å²) in [6, 6.07) is 0.256. The van der Waals surface area contributed by atoms with Crippen molar-refractivity contribution >= 4 is 11.8 Å². The van der Waals surface area contributed by atoms with Crippen LogP contribution < -0.4 is 5.32 Å². The predicted molar refractivity (Wildman–Crippen MR) is 77.4 cm³/mol. The molecule has 0 spiro atoms. The van der Waals surface area contributed by atoms with Crippen molar-refractivity contribution in [3.05, 3.63) is 11.7 Å². The van der Waals surface area contributed by atoms with Crippen molar-refractivity contribution in [3.63, 3.8) is 0 Å². The molecule has 1 atom stereocenters. The van der Waals surface area contributed by atoms with E-state index in [1.807, 2.05) is 11.8 Å². The summed E-state index contributed by atoms with van der Waals surface area (Å²) < 4.78 is 5.47. The Hall–Kier alpha value is -0.550. The summed E-state index contributed by atoms with van der Waals surface area (Å²) in [5.41, 5.74) is 0. The lowest BCUT2D eigenvalue weighted by atomic mass is 9.80. The molecule has 0 amide bonds. The third-order valence-corrected chi connectivity index (χ3v) is 5.53. The van der Waals surface area contributed by atoms with Crippen LogP contribution in [0.4, 0.5) is 0 Å². The normalized spacial score (nSPS) is 32.4. The van der Waals surface area contributed by atoms with E-state index in [-0.39, 0.29) is 6.04 Å². The Morgan fingerprint density at radius 1 is 1.32 bits per heavy atom. The zero-order chi connectivity index (χ0) is 13.1. The van der Waals surface area contributed by atoms with E-state index in [0.717, 1.165) is 29.9 Å².